The average molecular weight is 395 g/mol. The fraction of sp³-hybridized carbons (Fsp3) is 0.318. The lowest BCUT2D eigenvalue weighted by molar-refractivity contribution is -0.133. The number of benzene rings is 2. The van der Waals surface area contributed by atoms with Crippen molar-refractivity contribution in [3.8, 4) is 5.75 Å². The number of para-hydroxylation sites is 2. The predicted octanol–water partition coefficient (Wildman–Crippen LogP) is 3.49. The molecule has 152 valence electrons. The van der Waals surface area contributed by atoms with Crippen molar-refractivity contribution < 1.29 is 19.1 Å². The van der Waals surface area contributed by atoms with Crippen LogP contribution in [0.5, 0.6) is 5.75 Å². The smallest absolute Gasteiger partial charge is 0.314 e. The maximum Gasteiger partial charge on any atom is 0.314 e. The van der Waals surface area contributed by atoms with Crippen LogP contribution >= 0.6 is 0 Å². The first kappa shape index (κ1) is 20.4. The molecule has 29 heavy (non-hydrogen) atoms. The summed E-state index contributed by atoms with van der Waals surface area (Å²) in [4.78, 5) is 38.7. The van der Waals surface area contributed by atoms with Crippen molar-refractivity contribution >= 4 is 34.8 Å². The molecule has 0 unspecified atom stereocenters. The second-order valence-electron chi connectivity index (χ2n) is 6.84. The van der Waals surface area contributed by atoms with Crippen molar-refractivity contribution in [2.45, 2.75) is 33.1 Å². The van der Waals surface area contributed by atoms with Crippen molar-refractivity contribution in [1.82, 2.24) is 0 Å². The van der Waals surface area contributed by atoms with Crippen LogP contribution in [0, 0.1) is 6.92 Å². The number of anilines is 3. The van der Waals surface area contributed by atoms with Gasteiger partial charge in [0.2, 0.25) is 5.91 Å². The zero-order valence-corrected chi connectivity index (χ0v) is 16.7. The third kappa shape index (κ3) is 4.93. The summed E-state index contributed by atoms with van der Waals surface area (Å²) in [5, 5.41) is 5.18. The number of nitrogens with zero attached hydrogens (tertiary/aromatic N) is 1. The Balaban J connectivity index is 1.71. The van der Waals surface area contributed by atoms with Crippen LogP contribution in [0.15, 0.2) is 42.5 Å². The van der Waals surface area contributed by atoms with E-state index < -0.39 is 11.8 Å². The van der Waals surface area contributed by atoms with E-state index in [1.807, 2.05) is 19.9 Å². The Hall–Kier alpha value is -3.35. The molecular formula is C22H25N3O4. The van der Waals surface area contributed by atoms with Crippen molar-refractivity contribution in [3.05, 3.63) is 48.0 Å². The van der Waals surface area contributed by atoms with E-state index in [9.17, 15) is 14.4 Å². The summed E-state index contributed by atoms with van der Waals surface area (Å²) < 4.78 is 5.46. The highest BCUT2D eigenvalue weighted by atomic mass is 16.5. The van der Waals surface area contributed by atoms with Crippen LogP contribution in [0.1, 0.15) is 31.7 Å². The standard InChI is InChI=1S/C22H25N3O4/c1-3-29-19-9-5-4-8-17(19)24-22(28)21(27)23-16-12-11-15(2)18(14-16)25-13-7-6-10-20(25)26/h4-5,8-9,11-12,14H,3,6-7,10,13H2,1-2H3,(H,23,27)(H,24,28). The Kier molecular flexibility index (Phi) is 6.49. The SMILES string of the molecule is CCOc1ccccc1NC(=O)C(=O)Nc1ccc(C)c(N2CCCCC2=O)c1. The summed E-state index contributed by atoms with van der Waals surface area (Å²) >= 11 is 0. The predicted molar refractivity (Wildman–Crippen MR) is 112 cm³/mol. The molecule has 1 heterocycles. The summed E-state index contributed by atoms with van der Waals surface area (Å²) in [5.41, 5.74) is 2.59. The number of nitrogens with one attached hydrogen (secondary N) is 2. The number of carbonyl (C=O) groups excluding carboxylic acids is 3. The molecule has 1 aliphatic rings. The first-order valence-electron chi connectivity index (χ1n) is 9.74. The Morgan fingerprint density at radius 1 is 1.07 bits per heavy atom. The van der Waals surface area contributed by atoms with Crippen LogP contribution in [-0.2, 0) is 14.4 Å². The minimum absolute atomic E-state index is 0.0769. The van der Waals surface area contributed by atoms with E-state index in [1.165, 1.54) is 0 Å². The van der Waals surface area contributed by atoms with Gasteiger partial charge in [-0.2, -0.15) is 0 Å². The van der Waals surface area contributed by atoms with Crippen LogP contribution in [0.25, 0.3) is 0 Å². The van der Waals surface area contributed by atoms with Gasteiger partial charge in [-0.25, -0.2) is 0 Å². The molecule has 2 aromatic carbocycles. The van der Waals surface area contributed by atoms with Gasteiger partial charge >= 0.3 is 11.8 Å². The molecule has 3 rings (SSSR count). The zero-order chi connectivity index (χ0) is 20.8. The van der Waals surface area contributed by atoms with Gasteiger partial charge in [0, 0.05) is 24.3 Å². The molecular weight excluding hydrogens is 370 g/mol. The summed E-state index contributed by atoms with van der Waals surface area (Å²) in [6.45, 7) is 4.86. The highest BCUT2D eigenvalue weighted by Gasteiger charge is 2.22. The number of hydrogen-bond acceptors (Lipinski definition) is 4. The molecule has 7 nitrogen and oxygen atoms in total. The molecule has 1 aliphatic heterocycles. The quantitative estimate of drug-likeness (QED) is 0.759. The van der Waals surface area contributed by atoms with E-state index in [0.717, 1.165) is 24.1 Å². The van der Waals surface area contributed by atoms with E-state index in [0.29, 0.717) is 36.7 Å². The number of piperidine rings is 1. The van der Waals surface area contributed by atoms with Gasteiger partial charge < -0.3 is 20.3 Å². The second-order valence-corrected chi connectivity index (χ2v) is 6.84. The third-order valence-corrected chi connectivity index (χ3v) is 4.72. The number of rotatable bonds is 5. The van der Waals surface area contributed by atoms with Crippen LogP contribution in [0.4, 0.5) is 17.1 Å². The van der Waals surface area contributed by atoms with Crippen LogP contribution in [-0.4, -0.2) is 30.9 Å². The first-order valence-corrected chi connectivity index (χ1v) is 9.74. The molecule has 2 aromatic rings. The van der Waals surface area contributed by atoms with E-state index in [-0.39, 0.29) is 5.91 Å². The molecule has 0 saturated carbocycles. The first-order chi connectivity index (χ1) is 14.0. The molecule has 1 fully saturated rings. The van der Waals surface area contributed by atoms with Gasteiger partial charge in [0.1, 0.15) is 5.75 Å². The van der Waals surface area contributed by atoms with E-state index in [1.54, 1.807) is 41.3 Å². The number of amides is 3. The number of carbonyl (C=O) groups is 3. The molecule has 2 N–H and O–H groups in total. The van der Waals surface area contributed by atoms with Crippen molar-refractivity contribution in [2.75, 3.05) is 28.7 Å². The van der Waals surface area contributed by atoms with Crippen LogP contribution < -0.4 is 20.3 Å². The summed E-state index contributed by atoms with van der Waals surface area (Å²) in [5.74, 6) is -1.02. The largest absolute Gasteiger partial charge is 0.492 e. The maximum absolute atomic E-state index is 12.4. The molecule has 7 heteroatoms. The maximum atomic E-state index is 12.4. The van der Waals surface area contributed by atoms with Crippen molar-refractivity contribution in [1.29, 1.82) is 0 Å². The summed E-state index contributed by atoms with van der Waals surface area (Å²) in [7, 11) is 0. The van der Waals surface area contributed by atoms with Gasteiger partial charge in [-0.05, 0) is 56.5 Å². The number of ether oxygens (including phenoxy) is 1. The van der Waals surface area contributed by atoms with E-state index >= 15 is 0 Å². The molecule has 0 spiro atoms. The van der Waals surface area contributed by atoms with Gasteiger partial charge in [0.15, 0.2) is 0 Å². The minimum atomic E-state index is -0.798. The van der Waals surface area contributed by atoms with Crippen LogP contribution in [0.2, 0.25) is 0 Å². The molecule has 0 bridgehead atoms. The monoisotopic (exact) mass is 395 g/mol. The highest BCUT2D eigenvalue weighted by molar-refractivity contribution is 6.43. The fourth-order valence-electron chi connectivity index (χ4n) is 3.26. The molecule has 0 aliphatic carbocycles. The van der Waals surface area contributed by atoms with Crippen molar-refractivity contribution in [2.24, 2.45) is 0 Å². The lowest BCUT2D eigenvalue weighted by Gasteiger charge is -2.28. The van der Waals surface area contributed by atoms with Gasteiger partial charge in [-0.1, -0.05) is 18.2 Å². The Bertz CT molecular complexity index is 926. The Morgan fingerprint density at radius 3 is 2.59 bits per heavy atom. The van der Waals surface area contributed by atoms with E-state index in [2.05, 4.69) is 10.6 Å². The van der Waals surface area contributed by atoms with Gasteiger partial charge in [0.25, 0.3) is 0 Å². The molecule has 1 saturated heterocycles. The van der Waals surface area contributed by atoms with Crippen molar-refractivity contribution in [3.63, 3.8) is 0 Å². The van der Waals surface area contributed by atoms with Gasteiger partial charge in [0.05, 0.1) is 12.3 Å². The third-order valence-electron chi connectivity index (χ3n) is 4.72. The number of hydrogen-bond donors (Lipinski definition) is 2. The van der Waals surface area contributed by atoms with E-state index in [4.69, 9.17) is 4.74 Å². The fourth-order valence-corrected chi connectivity index (χ4v) is 3.26. The lowest BCUT2D eigenvalue weighted by Crippen LogP contribution is -2.35. The molecule has 0 radical (unpaired) electrons. The molecule has 0 atom stereocenters. The highest BCUT2D eigenvalue weighted by Crippen LogP contribution is 2.28. The minimum Gasteiger partial charge on any atom is -0.492 e. The molecule has 0 aromatic heterocycles. The van der Waals surface area contributed by atoms with Gasteiger partial charge in [-0.15, -0.1) is 0 Å². The van der Waals surface area contributed by atoms with Gasteiger partial charge in [-0.3, -0.25) is 14.4 Å². The zero-order valence-electron chi connectivity index (χ0n) is 16.7. The normalized spacial score (nSPS) is 13.7. The number of aryl methyl sites for hydroxylation is 1. The summed E-state index contributed by atoms with van der Waals surface area (Å²) in [6.07, 6.45) is 2.37. The average Bonchev–Trinajstić information content (AvgIpc) is 2.71. The second kappa shape index (κ2) is 9.23. The lowest BCUT2D eigenvalue weighted by atomic mass is 10.1. The molecule has 3 amide bonds. The Morgan fingerprint density at radius 2 is 1.83 bits per heavy atom. The van der Waals surface area contributed by atoms with Crippen LogP contribution in [0.3, 0.4) is 0 Å². The Labute approximate surface area is 170 Å². The summed E-state index contributed by atoms with van der Waals surface area (Å²) in [6, 6.07) is 12.2. The topological polar surface area (TPSA) is 87.7 Å².